The van der Waals surface area contributed by atoms with Gasteiger partial charge in [-0.2, -0.15) is 0 Å². The average molecular weight is 345 g/mol. The van der Waals surface area contributed by atoms with E-state index in [4.69, 9.17) is 0 Å². The summed E-state index contributed by atoms with van der Waals surface area (Å²) >= 11 is 0. The van der Waals surface area contributed by atoms with E-state index in [1.54, 1.807) is 36.4 Å². The van der Waals surface area contributed by atoms with Crippen molar-refractivity contribution in [3.05, 3.63) is 60.2 Å². The molecule has 2 aromatic carbocycles. The van der Waals surface area contributed by atoms with Crippen molar-refractivity contribution in [1.82, 2.24) is 9.97 Å². The number of nitrogens with zero attached hydrogens (tertiary/aromatic N) is 2. The van der Waals surface area contributed by atoms with Gasteiger partial charge in [-0.05, 0) is 36.8 Å². The van der Waals surface area contributed by atoms with E-state index in [1.165, 1.54) is 18.6 Å². The molecule has 1 atom stereocenters. The molecule has 7 heteroatoms. The van der Waals surface area contributed by atoms with E-state index in [0.29, 0.717) is 11.2 Å². The summed E-state index contributed by atoms with van der Waals surface area (Å²) in [6.07, 6.45) is 2.48. The summed E-state index contributed by atoms with van der Waals surface area (Å²) in [5.41, 5.74) is 1.15. The van der Waals surface area contributed by atoms with E-state index in [0.717, 1.165) is 5.56 Å². The van der Waals surface area contributed by atoms with Gasteiger partial charge in [-0.3, -0.25) is 0 Å². The number of nitrogens with one attached hydrogen (secondary N) is 1. The van der Waals surface area contributed by atoms with Crippen molar-refractivity contribution in [2.24, 2.45) is 0 Å². The Morgan fingerprint density at radius 2 is 1.79 bits per heavy atom. The number of sulfone groups is 1. The fourth-order valence-corrected chi connectivity index (χ4v) is 3.09. The highest BCUT2D eigenvalue weighted by molar-refractivity contribution is 7.90. The lowest BCUT2D eigenvalue weighted by Gasteiger charge is -2.16. The van der Waals surface area contributed by atoms with Gasteiger partial charge >= 0.3 is 0 Å². The van der Waals surface area contributed by atoms with Crippen LogP contribution >= 0.6 is 0 Å². The van der Waals surface area contributed by atoms with Crippen LogP contribution in [-0.4, -0.2) is 24.6 Å². The zero-order valence-electron chi connectivity index (χ0n) is 13.2. The molecule has 0 bridgehead atoms. The number of hydrogen-bond acceptors (Lipinski definition) is 5. The molecule has 1 aromatic heterocycles. The first-order valence-electron chi connectivity index (χ1n) is 7.32. The Morgan fingerprint density at radius 1 is 1.08 bits per heavy atom. The second-order valence-corrected chi connectivity index (χ2v) is 7.58. The zero-order valence-corrected chi connectivity index (χ0v) is 14.0. The van der Waals surface area contributed by atoms with Crippen LogP contribution in [0.15, 0.2) is 53.7 Å². The van der Waals surface area contributed by atoms with Gasteiger partial charge in [0, 0.05) is 17.7 Å². The van der Waals surface area contributed by atoms with Crippen LogP contribution in [0.1, 0.15) is 18.5 Å². The molecule has 124 valence electrons. The van der Waals surface area contributed by atoms with E-state index in [9.17, 15) is 12.8 Å². The van der Waals surface area contributed by atoms with Gasteiger partial charge in [0.2, 0.25) is 0 Å². The Balaban J connectivity index is 1.90. The molecule has 5 nitrogen and oxygen atoms in total. The molecule has 0 spiro atoms. The van der Waals surface area contributed by atoms with E-state index in [2.05, 4.69) is 15.3 Å². The number of halogens is 1. The van der Waals surface area contributed by atoms with Crippen LogP contribution in [0.25, 0.3) is 10.9 Å². The Hall–Kier alpha value is -2.54. The molecule has 0 unspecified atom stereocenters. The molecular formula is C17H16FN3O2S. The lowest BCUT2D eigenvalue weighted by molar-refractivity contribution is 0.602. The summed E-state index contributed by atoms with van der Waals surface area (Å²) in [5, 5.41) is 3.81. The maximum absolute atomic E-state index is 13.8. The second kappa shape index (κ2) is 6.16. The molecule has 0 fully saturated rings. The number of aromatic nitrogens is 2. The summed E-state index contributed by atoms with van der Waals surface area (Å²) in [6.45, 7) is 1.92. The maximum Gasteiger partial charge on any atom is 0.175 e. The maximum atomic E-state index is 13.8. The number of benzene rings is 2. The lowest BCUT2D eigenvalue weighted by atomic mass is 10.1. The Kier molecular flexibility index (Phi) is 4.19. The van der Waals surface area contributed by atoms with Crippen LogP contribution < -0.4 is 5.32 Å². The minimum absolute atomic E-state index is 0.139. The van der Waals surface area contributed by atoms with Gasteiger partial charge in [0.15, 0.2) is 9.84 Å². The first-order valence-corrected chi connectivity index (χ1v) is 9.21. The van der Waals surface area contributed by atoms with Crippen LogP contribution in [0.4, 0.5) is 10.2 Å². The van der Waals surface area contributed by atoms with Crippen LogP contribution in [0.5, 0.6) is 0 Å². The number of para-hydroxylation sites is 1. The molecule has 0 amide bonds. The average Bonchev–Trinajstić information content (AvgIpc) is 2.55. The fraction of sp³-hybridized carbons (Fsp3) is 0.176. The van der Waals surface area contributed by atoms with Gasteiger partial charge in [0.1, 0.15) is 23.5 Å². The highest BCUT2D eigenvalue weighted by Crippen LogP contribution is 2.25. The first kappa shape index (κ1) is 16.3. The molecule has 3 aromatic rings. The molecule has 0 aliphatic heterocycles. The first-order chi connectivity index (χ1) is 11.4. The van der Waals surface area contributed by atoms with Gasteiger partial charge in [0.25, 0.3) is 0 Å². The van der Waals surface area contributed by atoms with E-state index in [-0.39, 0.29) is 16.5 Å². The van der Waals surface area contributed by atoms with Crippen LogP contribution in [0, 0.1) is 5.82 Å². The van der Waals surface area contributed by atoms with Crippen LogP contribution in [0.2, 0.25) is 0 Å². The van der Waals surface area contributed by atoms with Crippen molar-refractivity contribution in [3.8, 4) is 0 Å². The monoisotopic (exact) mass is 345 g/mol. The lowest BCUT2D eigenvalue weighted by Crippen LogP contribution is -2.09. The number of anilines is 1. The SMILES string of the molecule is C[C@H](Nc1ncnc2c(F)cccc12)c1ccc(S(C)(=O)=O)cc1. The highest BCUT2D eigenvalue weighted by Gasteiger charge is 2.12. The molecule has 0 saturated heterocycles. The van der Waals surface area contributed by atoms with Crippen molar-refractivity contribution in [2.45, 2.75) is 17.9 Å². The predicted octanol–water partition coefficient (Wildman–Crippen LogP) is 3.35. The normalized spacial score (nSPS) is 13.0. The Morgan fingerprint density at radius 3 is 2.46 bits per heavy atom. The largest absolute Gasteiger partial charge is 0.363 e. The fourth-order valence-electron chi connectivity index (χ4n) is 2.46. The molecule has 0 radical (unpaired) electrons. The number of hydrogen-bond donors (Lipinski definition) is 1. The predicted molar refractivity (Wildman–Crippen MR) is 91.1 cm³/mol. The standard InChI is InChI=1S/C17H16FN3O2S/c1-11(12-6-8-13(9-7-12)24(2,22)23)21-17-14-4-3-5-15(18)16(14)19-10-20-17/h3-11H,1-2H3,(H,19,20,21)/t11-/m0/s1. The van der Waals surface area contributed by atoms with E-state index in [1.807, 2.05) is 6.92 Å². The smallest absolute Gasteiger partial charge is 0.175 e. The third-order valence-corrected chi connectivity index (χ3v) is 4.91. The van der Waals surface area contributed by atoms with Gasteiger partial charge < -0.3 is 5.32 Å². The molecule has 1 heterocycles. The topological polar surface area (TPSA) is 72.0 Å². The molecule has 0 aliphatic carbocycles. The van der Waals surface area contributed by atoms with Crippen LogP contribution in [-0.2, 0) is 9.84 Å². The third-order valence-electron chi connectivity index (χ3n) is 3.78. The number of fused-ring (bicyclic) bond motifs is 1. The summed E-state index contributed by atoms with van der Waals surface area (Å²) in [7, 11) is -3.22. The minimum atomic E-state index is -3.22. The van der Waals surface area contributed by atoms with Crippen molar-refractivity contribution in [1.29, 1.82) is 0 Å². The van der Waals surface area contributed by atoms with Gasteiger partial charge in [-0.1, -0.05) is 18.2 Å². The Labute approximate surface area is 139 Å². The van der Waals surface area contributed by atoms with Crippen molar-refractivity contribution in [3.63, 3.8) is 0 Å². The molecule has 0 aliphatic rings. The minimum Gasteiger partial charge on any atom is -0.363 e. The molecular weight excluding hydrogens is 329 g/mol. The van der Waals surface area contributed by atoms with Crippen molar-refractivity contribution < 1.29 is 12.8 Å². The van der Waals surface area contributed by atoms with Crippen molar-refractivity contribution in [2.75, 3.05) is 11.6 Å². The summed E-state index contributed by atoms with van der Waals surface area (Å²) < 4.78 is 36.8. The van der Waals surface area contributed by atoms with E-state index < -0.39 is 15.7 Å². The summed E-state index contributed by atoms with van der Waals surface area (Å²) in [5.74, 6) is 0.127. The molecule has 0 saturated carbocycles. The van der Waals surface area contributed by atoms with Crippen LogP contribution in [0.3, 0.4) is 0 Å². The summed E-state index contributed by atoms with van der Waals surface area (Å²) in [4.78, 5) is 8.42. The Bertz CT molecular complexity index is 988. The van der Waals surface area contributed by atoms with E-state index >= 15 is 0 Å². The molecule has 24 heavy (non-hydrogen) atoms. The van der Waals surface area contributed by atoms with Gasteiger partial charge in [-0.25, -0.2) is 22.8 Å². The number of rotatable bonds is 4. The van der Waals surface area contributed by atoms with Crippen molar-refractivity contribution >= 4 is 26.6 Å². The molecule has 1 N–H and O–H groups in total. The highest BCUT2D eigenvalue weighted by atomic mass is 32.2. The molecule has 3 rings (SSSR count). The third kappa shape index (κ3) is 3.21. The summed E-state index contributed by atoms with van der Waals surface area (Å²) in [6, 6.07) is 11.2. The van der Waals surface area contributed by atoms with Gasteiger partial charge in [-0.15, -0.1) is 0 Å². The zero-order chi connectivity index (χ0) is 17.3. The quantitative estimate of drug-likeness (QED) is 0.785. The van der Waals surface area contributed by atoms with Gasteiger partial charge in [0.05, 0.1) is 4.90 Å². The second-order valence-electron chi connectivity index (χ2n) is 5.57.